The van der Waals surface area contributed by atoms with Gasteiger partial charge in [0.2, 0.25) is 0 Å². The number of aromatic nitrogens is 2. The number of benzene rings is 1. The molecule has 0 aliphatic heterocycles. The lowest BCUT2D eigenvalue weighted by atomic mass is 9.97. The molecule has 0 saturated carbocycles. The van der Waals surface area contributed by atoms with Crippen molar-refractivity contribution in [3.63, 3.8) is 0 Å². The second-order valence-corrected chi connectivity index (χ2v) is 6.86. The van der Waals surface area contributed by atoms with E-state index in [-0.39, 0.29) is 5.56 Å². The van der Waals surface area contributed by atoms with E-state index in [2.05, 4.69) is 10.1 Å². The molecule has 0 N–H and O–H groups in total. The Morgan fingerprint density at radius 1 is 1.29 bits per heavy atom. The number of methoxy groups -OCH3 is 1. The standard InChI is InChI=1S/C18H17N3O2S/c1-23-14-8-4-2-6-12(14)10-20-21-11-19-17-16(18(21)22)13-7-3-5-9-15(13)24-17/h2,4,6,8,10-11H,3,5,7,9H2,1H3. The van der Waals surface area contributed by atoms with Gasteiger partial charge in [0.25, 0.3) is 5.56 Å². The van der Waals surface area contributed by atoms with E-state index in [0.29, 0.717) is 0 Å². The third-order valence-corrected chi connectivity index (χ3v) is 5.52. The molecule has 2 aromatic heterocycles. The number of ether oxygens (including phenoxy) is 1. The van der Waals surface area contributed by atoms with E-state index in [1.54, 1.807) is 24.7 Å². The summed E-state index contributed by atoms with van der Waals surface area (Å²) in [4.78, 5) is 19.4. The van der Waals surface area contributed by atoms with Gasteiger partial charge in [-0.2, -0.15) is 9.78 Å². The van der Waals surface area contributed by atoms with E-state index in [0.717, 1.165) is 40.8 Å². The van der Waals surface area contributed by atoms with Crippen LogP contribution in [0.25, 0.3) is 10.2 Å². The fourth-order valence-corrected chi connectivity index (χ4v) is 4.34. The molecule has 0 radical (unpaired) electrons. The van der Waals surface area contributed by atoms with Crippen LogP contribution < -0.4 is 10.3 Å². The highest BCUT2D eigenvalue weighted by molar-refractivity contribution is 7.18. The molecule has 122 valence electrons. The van der Waals surface area contributed by atoms with Gasteiger partial charge in [0.15, 0.2) is 0 Å². The molecule has 0 fully saturated rings. The monoisotopic (exact) mass is 339 g/mol. The number of fused-ring (bicyclic) bond motifs is 3. The quantitative estimate of drug-likeness (QED) is 0.689. The Labute approximate surface area is 143 Å². The summed E-state index contributed by atoms with van der Waals surface area (Å²) in [5, 5.41) is 5.05. The van der Waals surface area contributed by atoms with Crippen molar-refractivity contribution in [3.05, 3.63) is 57.0 Å². The van der Waals surface area contributed by atoms with E-state index in [1.165, 1.54) is 27.9 Å². The Bertz CT molecular complexity index is 988. The highest BCUT2D eigenvalue weighted by atomic mass is 32.1. The van der Waals surface area contributed by atoms with E-state index in [4.69, 9.17) is 4.74 Å². The van der Waals surface area contributed by atoms with Gasteiger partial charge >= 0.3 is 0 Å². The van der Waals surface area contributed by atoms with Gasteiger partial charge in [0, 0.05) is 10.4 Å². The summed E-state index contributed by atoms with van der Waals surface area (Å²) in [6, 6.07) is 7.56. The van der Waals surface area contributed by atoms with Crippen LogP contribution in [0.5, 0.6) is 5.75 Å². The van der Waals surface area contributed by atoms with Crippen LogP contribution in [0.3, 0.4) is 0 Å². The molecular weight excluding hydrogens is 322 g/mol. The van der Waals surface area contributed by atoms with Crippen LogP contribution >= 0.6 is 11.3 Å². The van der Waals surface area contributed by atoms with Crippen LogP contribution in [0.1, 0.15) is 28.8 Å². The molecule has 2 heterocycles. The summed E-state index contributed by atoms with van der Waals surface area (Å²) < 4.78 is 6.62. The van der Waals surface area contributed by atoms with Gasteiger partial charge in [-0.25, -0.2) is 4.98 Å². The smallest absolute Gasteiger partial charge is 0.282 e. The summed E-state index contributed by atoms with van der Waals surface area (Å²) in [5.74, 6) is 0.719. The van der Waals surface area contributed by atoms with Crippen molar-refractivity contribution in [2.24, 2.45) is 5.10 Å². The second-order valence-electron chi connectivity index (χ2n) is 5.77. The van der Waals surface area contributed by atoms with Crippen LogP contribution in [0.2, 0.25) is 0 Å². The number of aryl methyl sites for hydroxylation is 2. The Morgan fingerprint density at radius 2 is 2.12 bits per heavy atom. The summed E-state index contributed by atoms with van der Waals surface area (Å²) in [6.07, 6.45) is 7.48. The lowest BCUT2D eigenvalue weighted by Gasteiger charge is -2.09. The molecule has 1 aromatic carbocycles. The van der Waals surface area contributed by atoms with Crippen LogP contribution in [0.15, 0.2) is 40.5 Å². The molecule has 0 saturated heterocycles. The largest absolute Gasteiger partial charge is 0.496 e. The molecule has 0 amide bonds. The fourth-order valence-electron chi connectivity index (χ4n) is 3.12. The molecule has 0 atom stereocenters. The number of thiophene rings is 1. The zero-order valence-electron chi connectivity index (χ0n) is 13.4. The number of rotatable bonds is 3. The van der Waals surface area contributed by atoms with Gasteiger partial charge in [-0.15, -0.1) is 11.3 Å². The number of nitrogens with zero attached hydrogens (tertiary/aromatic N) is 3. The van der Waals surface area contributed by atoms with Crippen molar-refractivity contribution in [3.8, 4) is 5.75 Å². The molecule has 0 unspecified atom stereocenters. The minimum atomic E-state index is -0.0921. The molecule has 5 nitrogen and oxygen atoms in total. The first-order valence-electron chi connectivity index (χ1n) is 7.97. The Kier molecular flexibility index (Phi) is 3.90. The zero-order valence-corrected chi connectivity index (χ0v) is 14.2. The number of hydrogen-bond acceptors (Lipinski definition) is 5. The normalized spacial score (nSPS) is 14.2. The fraction of sp³-hybridized carbons (Fsp3) is 0.278. The molecule has 4 rings (SSSR count). The van der Waals surface area contributed by atoms with E-state index < -0.39 is 0 Å². The third kappa shape index (κ3) is 2.53. The van der Waals surface area contributed by atoms with Crippen LogP contribution in [-0.2, 0) is 12.8 Å². The third-order valence-electron chi connectivity index (χ3n) is 4.32. The molecule has 3 aromatic rings. The Hall–Kier alpha value is -2.47. The molecule has 0 bridgehead atoms. The maximum atomic E-state index is 12.8. The molecule has 0 spiro atoms. The topological polar surface area (TPSA) is 56.5 Å². The minimum absolute atomic E-state index is 0.0921. The van der Waals surface area contributed by atoms with Gasteiger partial charge in [-0.3, -0.25) is 4.79 Å². The molecular formula is C18H17N3O2S. The summed E-state index contributed by atoms with van der Waals surface area (Å²) >= 11 is 1.65. The SMILES string of the molecule is COc1ccccc1C=Nn1cnc2sc3c(c2c1=O)CCCC3. The molecule has 24 heavy (non-hydrogen) atoms. The van der Waals surface area contributed by atoms with Gasteiger partial charge in [-0.1, -0.05) is 12.1 Å². The van der Waals surface area contributed by atoms with E-state index in [1.807, 2.05) is 24.3 Å². The van der Waals surface area contributed by atoms with Crippen molar-refractivity contribution in [2.75, 3.05) is 7.11 Å². The highest BCUT2D eigenvalue weighted by Crippen LogP contribution is 2.33. The van der Waals surface area contributed by atoms with Crippen LogP contribution in [0, 0.1) is 0 Å². The average Bonchev–Trinajstić information content (AvgIpc) is 3.00. The van der Waals surface area contributed by atoms with Crippen molar-refractivity contribution in [1.82, 2.24) is 9.66 Å². The van der Waals surface area contributed by atoms with Crippen molar-refractivity contribution in [2.45, 2.75) is 25.7 Å². The first-order chi connectivity index (χ1) is 11.8. The lowest BCUT2D eigenvalue weighted by molar-refractivity contribution is 0.414. The molecule has 6 heteroatoms. The maximum absolute atomic E-state index is 12.8. The Morgan fingerprint density at radius 3 is 3.00 bits per heavy atom. The van der Waals surface area contributed by atoms with Crippen LogP contribution in [0.4, 0.5) is 0 Å². The highest BCUT2D eigenvalue weighted by Gasteiger charge is 2.19. The minimum Gasteiger partial charge on any atom is -0.496 e. The predicted molar refractivity (Wildman–Crippen MR) is 96.5 cm³/mol. The van der Waals surface area contributed by atoms with Crippen LogP contribution in [-0.4, -0.2) is 23.0 Å². The van der Waals surface area contributed by atoms with Crippen molar-refractivity contribution < 1.29 is 4.74 Å². The number of hydrogen-bond donors (Lipinski definition) is 0. The predicted octanol–water partition coefficient (Wildman–Crippen LogP) is 3.23. The van der Waals surface area contributed by atoms with E-state index >= 15 is 0 Å². The van der Waals surface area contributed by atoms with Gasteiger partial charge in [0.05, 0.1) is 18.7 Å². The van der Waals surface area contributed by atoms with Crippen molar-refractivity contribution in [1.29, 1.82) is 0 Å². The van der Waals surface area contributed by atoms with E-state index in [9.17, 15) is 4.79 Å². The second kappa shape index (κ2) is 6.20. The summed E-state index contributed by atoms with van der Waals surface area (Å²) in [5.41, 5.74) is 1.91. The van der Waals surface area contributed by atoms with Crippen molar-refractivity contribution >= 4 is 27.8 Å². The first-order valence-corrected chi connectivity index (χ1v) is 8.79. The average molecular weight is 339 g/mol. The number of para-hydroxylation sites is 1. The summed E-state index contributed by atoms with van der Waals surface area (Å²) in [6.45, 7) is 0. The zero-order chi connectivity index (χ0) is 16.5. The summed E-state index contributed by atoms with van der Waals surface area (Å²) in [7, 11) is 1.62. The first kappa shape index (κ1) is 15.1. The van der Waals surface area contributed by atoms with Gasteiger partial charge < -0.3 is 4.74 Å². The molecule has 1 aliphatic carbocycles. The van der Waals surface area contributed by atoms with Gasteiger partial charge in [0.1, 0.15) is 16.9 Å². The molecule has 1 aliphatic rings. The maximum Gasteiger partial charge on any atom is 0.282 e. The van der Waals surface area contributed by atoms with Gasteiger partial charge in [-0.05, 0) is 43.4 Å². The lowest BCUT2D eigenvalue weighted by Crippen LogP contribution is -2.18. The Balaban J connectivity index is 1.79.